The standard InChI is InChI=1S/C18H25F3O2/c1-2-3-4-7-14-23-16-12-10-15(11-13-16)8-5-6-9-17(22)18(19,20)21/h10-13H,2-9,14H2,1H3. The van der Waals surface area contributed by atoms with Crippen molar-refractivity contribution in [3.63, 3.8) is 0 Å². The number of carbonyl (C=O) groups is 1. The first-order valence-corrected chi connectivity index (χ1v) is 8.25. The fourth-order valence-electron chi connectivity index (χ4n) is 2.23. The number of hydrogen-bond acceptors (Lipinski definition) is 2. The van der Waals surface area contributed by atoms with Crippen LogP contribution in [-0.2, 0) is 11.2 Å². The Hall–Kier alpha value is -1.52. The summed E-state index contributed by atoms with van der Waals surface area (Å²) in [5.41, 5.74) is 1.04. The fraction of sp³-hybridized carbons (Fsp3) is 0.611. The molecule has 0 unspecified atom stereocenters. The quantitative estimate of drug-likeness (QED) is 0.501. The molecule has 23 heavy (non-hydrogen) atoms. The van der Waals surface area contributed by atoms with E-state index in [0.717, 1.165) is 17.7 Å². The second-order valence-electron chi connectivity index (χ2n) is 5.68. The molecule has 0 atom stereocenters. The minimum atomic E-state index is -4.70. The SMILES string of the molecule is CCCCCCOc1ccc(CCCCC(=O)C(F)(F)F)cc1. The van der Waals surface area contributed by atoms with Crippen LogP contribution < -0.4 is 4.74 Å². The van der Waals surface area contributed by atoms with E-state index in [1.807, 2.05) is 24.3 Å². The van der Waals surface area contributed by atoms with Crippen molar-refractivity contribution in [1.29, 1.82) is 0 Å². The minimum absolute atomic E-state index is 0.258. The maximum Gasteiger partial charge on any atom is 0.449 e. The van der Waals surface area contributed by atoms with Crippen LogP contribution >= 0.6 is 0 Å². The molecule has 5 heteroatoms. The third-order valence-corrected chi connectivity index (χ3v) is 3.63. The van der Waals surface area contributed by atoms with Crippen molar-refractivity contribution in [3.05, 3.63) is 29.8 Å². The first kappa shape index (κ1) is 19.5. The van der Waals surface area contributed by atoms with Crippen LogP contribution in [-0.4, -0.2) is 18.6 Å². The molecule has 0 aliphatic rings. The highest BCUT2D eigenvalue weighted by molar-refractivity contribution is 5.83. The molecule has 0 N–H and O–H groups in total. The van der Waals surface area contributed by atoms with Crippen LogP contribution in [0.25, 0.3) is 0 Å². The summed E-state index contributed by atoms with van der Waals surface area (Å²) in [6.07, 6.45) is 1.00. The van der Waals surface area contributed by atoms with Crippen LogP contribution in [0.2, 0.25) is 0 Å². The van der Waals surface area contributed by atoms with E-state index < -0.39 is 18.4 Å². The number of carbonyl (C=O) groups excluding carboxylic acids is 1. The van der Waals surface area contributed by atoms with Gasteiger partial charge in [-0.3, -0.25) is 4.79 Å². The van der Waals surface area contributed by atoms with E-state index in [2.05, 4.69) is 6.92 Å². The van der Waals surface area contributed by atoms with Crippen molar-refractivity contribution >= 4 is 5.78 Å². The summed E-state index contributed by atoms with van der Waals surface area (Å²) in [7, 11) is 0. The van der Waals surface area contributed by atoms with Crippen molar-refractivity contribution in [3.8, 4) is 5.75 Å². The van der Waals surface area contributed by atoms with Gasteiger partial charge in [-0.1, -0.05) is 38.3 Å². The average molecular weight is 330 g/mol. The van der Waals surface area contributed by atoms with Crippen molar-refractivity contribution in [2.24, 2.45) is 0 Å². The van der Waals surface area contributed by atoms with Gasteiger partial charge in [0.2, 0.25) is 5.78 Å². The summed E-state index contributed by atoms with van der Waals surface area (Å²) in [6, 6.07) is 7.62. The zero-order valence-electron chi connectivity index (χ0n) is 13.6. The third-order valence-electron chi connectivity index (χ3n) is 3.63. The van der Waals surface area contributed by atoms with Crippen molar-refractivity contribution in [2.75, 3.05) is 6.61 Å². The molecule has 1 rings (SSSR count). The van der Waals surface area contributed by atoms with Crippen LogP contribution in [0.15, 0.2) is 24.3 Å². The normalized spacial score (nSPS) is 11.5. The van der Waals surface area contributed by atoms with Crippen LogP contribution in [0.4, 0.5) is 13.2 Å². The number of ketones is 1. The molecule has 0 bridgehead atoms. The molecule has 130 valence electrons. The molecule has 0 aromatic heterocycles. The molecular formula is C18H25F3O2. The van der Waals surface area contributed by atoms with E-state index in [0.29, 0.717) is 19.4 Å². The van der Waals surface area contributed by atoms with Crippen molar-refractivity contribution < 1.29 is 22.7 Å². The van der Waals surface area contributed by atoms with Gasteiger partial charge < -0.3 is 4.74 Å². The Bertz CT molecular complexity index is 452. The number of aryl methyl sites for hydroxylation is 1. The van der Waals surface area contributed by atoms with Crippen LogP contribution in [0.3, 0.4) is 0 Å². The number of unbranched alkanes of at least 4 members (excludes halogenated alkanes) is 4. The predicted octanol–water partition coefficient (Wildman–Crippen LogP) is 5.49. The Morgan fingerprint density at radius 2 is 1.70 bits per heavy atom. The zero-order chi connectivity index (χ0) is 17.1. The Kier molecular flexibility index (Phi) is 8.74. The van der Waals surface area contributed by atoms with E-state index >= 15 is 0 Å². The molecule has 0 fully saturated rings. The Morgan fingerprint density at radius 1 is 1.00 bits per heavy atom. The molecule has 0 radical (unpaired) electrons. The van der Waals surface area contributed by atoms with E-state index in [1.165, 1.54) is 19.3 Å². The van der Waals surface area contributed by atoms with Crippen LogP contribution in [0.5, 0.6) is 5.75 Å². The third kappa shape index (κ3) is 8.62. The first-order chi connectivity index (χ1) is 10.9. The van der Waals surface area contributed by atoms with Gasteiger partial charge in [-0.2, -0.15) is 13.2 Å². The van der Waals surface area contributed by atoms with E-state index in [9.17, 15) is 18.0 Å². The maximum atomic E-state index is 12.1. The molecule has 0 aliphatic carbocycles. The van der Waals surface area contributed by atoms with Gasteiger partial charge in [0.05, 0.1) is 6.61 Å². The van der Waals surface area contributed by atoms with Gasteiger partial charge in [0.25, 0.3) is 0 Å². The number of benzene rings is 1. The second kappa shape index (κ2) is 10.3. The molecule has 0 aliphatic heterocycles. The summed E-state index contributed by atoms with van der Waals surface area (Å²) in [6.45, 7) is 2.87. The van der Waals surface area contributed by atoms with Gasteiger partial charge in [-0.15, -0.1) is 0 Å². The van der Waals surface area contributed by atoms with Crippen molar-refractivity contribution in [2.45, 2.75) is 64.5 Å². The monoisotopic (exact) mass is 330 g/mol. The molecule has 0 saturated heterocycles. The number of hydrogen-bond donors (Lipinski definition) is 0. The largest absolute Gasteiger partial charge is 0.494 e. The van der Waals surface area contributed by atoms with E-state index in [4.69, 9.17) is 4.74 Å². The number of alkyl halides is 3. The van der Waals surface area contributed by atoms with Gasteiger partial charge in [-0.25, -0.2) is 0 Å². The molecule has 0 heterocycles. The highest BCUT2D eigenvalue weighted by atomic mass is 19.4. The Labute approximate surface area is 136 Å². The van der Waals surface area contributed by atoms with Crippen LogP contribution in [0, 0.1) is 0 Å². The van der Waals surface area contributed by atoms with Crippen LogP contribution in [0.1, 0.15) is 57.4 Å². The van der Waals surface area contributed by atoms with Gasteiger partial charge in [0.1, 0.15) is 5.75 Å². The summed E-state index contributed by atoms with van der Waals surface area (Å²) in [5, 5.41) is 0. The lowest BCUT2D eigenvalue weighted by atomic mass is 10.1. The molecule has 1 aromatic carbocycles. The van der Waals surface area contributed by atoms with E-state index in [-0.39, 0.29) is 6.42 Å². The zero-order valence-corrected chi connectivity index (χ0v) is 13.6. The number of ether oxygens (including phenoxy) is 1. The van der Waals surface area contributed by atoms with E-state index in [1.54, 1.807) is 0 Å². The lowest BCUT2D eigenvalue weighted by Gasteiger charge is -2.07. The molecule has 0 spiro atoms. The smallest absolute Gasteiger partial charge is 0.449 e. The lowest BCUT2D eigenvalue weighted by Crippen LogP contribution is -2.22. The number of Topliss-reactive ketones (excluding diaryl/α,β-unsaturated/α-hetero) is 1. The van der Waals surface area contributed by atoms with Gasteiger partial charge in [0, 0.05) is 6.42 Å². The topological polar surface area (TPSA) is 26.3 Å². The minimum Gasteiger partial charge on any atom is -0.494 e. The van der Waals surface area contributed by atoms with Gasteiger partial charge in [0.15, 0.2) is 0 Å². The number of rotatable bonds is 11. The Balaban J connectivity index is 2.20. The molecule has 1 aromatic rings. The van der Waals surface area contributed by atoms with Crippen molar-refractivity contribution in [1.82, 2.24) is 0 Å². The predicted molar refractivity (Wildman–Crippen MR) is 84.7 cm³/mol. The average Bonchev–Trinajstić information content (AvgIpc) is 2.51. The summed E-state index contributed by atoms with van der Waals surface area (Å²) in [4.78, 5) is 10.7. The maximum absolute atomic E-state index is 12.1. The molecule has 0 saturated carbocycles. The second-order valence-corrected chi connectivity index (χ2v) is 5.68. The Morgan fingerprint density at radius 3 is 2.30 bits per heavy atom. The summed E-state index contributed by atoms with van der Waals surface area (Å²) >= 11 is 0. The van der Waals surface area contributed by atoms with Gasteiger partial charge in [-0.05, 0) is 43.4 Å². The summed E-state index contributed by atoms with van der Waals surface area (Å²) < 4.78 is 41.8. The lowest BCUT2D eigenvalue weighted by molar-refractivity contribution is -0.171. The summed E-state index contributed by atoms with van der Waals surface area (Å²) in [5.74, 6) is -0.818. The van der Waals surface area contributed by atoms with Gasteiger partial charge >= 0.3 is 6.18 Å². The fourth-order valence-corrected chi connectivity index (χ4v) is 2.23. The molecule has 0 amide bonds. The highest BCUT2D eigenvalue weighted by Gasteiger charge is 2.36. The molecular weight excluding hydrogens is 305 g/mol. The number of halogens is 3. The first-order valence-electron chi connectivity index (χ1n) is 8.25. The highest BCUT2D eigenvalue weighted by Crippen LogP contribution is 2.20. The molecule has 2 nitrogen and oxygen atoms in total.